The number of benzene rings is 1. The number of amides is 1. The maximum atomic E-state index is 12.7. The highest BCUT2D eigenvalue weighted by Gasteiger charge is 2.39. The van der Waals surface area contributed by atoms with Crippen molar-refractivity contribution >= 4 is 34.9 Å². The summed E-state index contributed by atoms with van der Waals surface area (Å²) >= 11 is 1.51. The third-order valence-corrected chi connectivity index (χ3v) is 5.35. The minimum atomic E-state index is -0.588. The smallest absolute Gasteiger partial charge is 0.338 e. The van der Waals surface area contributed by atoms with Crippen LogP contribution in [0.2, 0.25) is 0 Å². The molecule has 0 unspecified atom stereocenters. The molecule has 0 aromatic heterocycles. The van der Waals surface area contributed by atoms with E-state index in [2.05, 4.69) is 11.6 Å². The van der Waals surface area contributed by atoms with Gasteiger partial charge < -0.3 is 9.47 Å². The maximum Gasteiger partial charge on any atom is 0.338 e. The van der Waals surface area contributed by atoms with Crippen molar-refractivity contribution in [3.8, 4) is 5.75 Å². The number of esters is 1. The summed E-state index contributed by atoms with van der Waals surface area (Å²) in [6.45, 7) is 5.43. The number of carbonyl (C=O) groups excluding carboxylic acids is 2. The molecule has 146 valence electrons. The Kier molecular flexibility index (Phi) is 6.36. The standard InChI is InChI=1S/C21H22N2O4S/c1-4-12-27-20(25)19-14(2)22-21-23(18(24)11-13-28-21)16(19)10-9-15-7-5-6-8-17(15)26-3/h4-10,16H,1,11-13H2,2-3H3/b10-9+/t16-/m0/s1. The Morgan fingerprint density at radius 1 is 1.43 bits per heavy atom. The molecule has 1 saturated heterocycles. The molecule has 3 rings (SSSR count). The van der Waals surface area contributed by atoms with Crippen LogP contribution in [0.5, 0.6) is 5.75 Å². The van der Waals surface area contributed by atoms with Gasteiger partial charge in [-0.25, -0.2) is 9.79 Å². The van der Waals surface area contributed by atoms with Crippen LogP contribution in [0.15, 0.2) is 59.3 Å². The van der Waals surface area contributed by atoms with E-state index >= 15 is 0 Å². The van der Waals surface area contributed by atoms with Gasteiger partial charge in [-0.1, -0.05) is 54.8 Å². The molecule has 2 aliphatic rings. The van der Waals surface area contributed by atoms with Crippen molar-refractivity contribution in [3.63, 3.8) is 0 Å². The minimum Gasteiger partial charge on any atom is -0.496 e. The van der Waals surface area contributed by atoms with Crippen molar-refractivity contribution in [2.45, 2.75) is 19.4 Å². The van der Waals surface area contributed by atoms with Crippen LogP contribution in [0, 0.1) is 0 Å². The first-order valence-electron chi connectivity index (χ1n) is 8.90. The number of nitrogens with zero attached hydrogens (tertiary/aromatic N) is 2. The quantitative estimate of drug-likeness (QED) is 0.543. The van der Waals surface area contributed by atoms with Gasteiger partial charge in [0.1, 0.15) is 12.4 Å². The van der Waals surface area contributed by atoms with Crippen LogP contribution >= 0.6 is 11.8 Å². The second kappa shape index (κ2) is 8.93. The number of rotatable bonds is 6. The number of carbonyl (C=O) groups is 2. The summed E-state index contributed by atoms with van der Waals surface area (Å²) < 4.78 is 10.6. The molecule has 1 atom stereocenters. The van der Waals surface area contributed by atoms with Gasteiger partial charge in [-0.05, 0) is 13.0 Å². The number of ether oxygens (including phenoxy) is 2. The van der Waals surface area contributed by atoms with E-state index < -0.39 is 12.0 Å². The predicted molar refractivity (Wildman–Crippen MR) is 111 cm³/mol. The first kappa shape index (κ1) is 19.9. The Hall–Kier alpha value is -2.80. The van der Waals surface area contributed by atoms with Gasteiger partial charge in [-0.3, -0.25) is 9.69 Å². The number of para-hydroxylation sites is 1. The molecular formula is C21H22N2O4S. The molecule has 1 aromatic rings. The van der Waals surface area contributed by atoms with E-state index in [1.165, 1.54) is 17.8 Å². The molecule has 2 aliphatic heterocycles. The monoisotopic (exact) mass is 398 g/mol. The summed E-state index contributed by atoms with van der Waals surface area (Å²) in [4.78, 5) is 31.4. The lowest BCUT2D eigenvalue weighted by Gasteiger charge is -2.37. The highest BCUT2D eigenvalue weighted by molar-refractivity contribution is 8.14. The van der Waals surface area contributed by atoms with E-state index in [-0.39, 0.29) is 12.5 Å². The molecule has 0 saturated carbocycles. The van der Waals surface area contributed by atoms with Crippen molar-refractivity contribution in [1.82, 2.24) is 4.90 Å². The van der Waals surface area contributed by atoms with Crippen LogP contribution in [0.3, 0.4) is 0 Å². The normalized spacial score (nSPS) is 19.4. The average Bonchev–Trinajstić information content (AvgIpc) is 2.70. The van der Waals surface area contributed by atoms with Crippen LogP contribution in [-0.4, -0.2) is 47.5 Å². The van der Waals surface area contributed by atoms with Crippen LogP contribution in [-0.2, 0) is 14.3 Å². The van der Waals surface area contributed by atoms with E-state index in [1.807, 2.05) is 36.4 Å². The SMILES string of the molecule is C=CCOC(=O)C1=C(C)N=C2SCCC(=O)N2[C@H]1/C=C/c1ccccc1OC. The van der Waals surface area contributed by atoms with Crippen molar-refractivity contribution in [1.29, 1.82) is 0 Å². The Morgan fingerprint density at radius 2 is 2.21 bits per heavy atom. The molecule has 0 aliphatic carbocycles. The molecule has 1 aromatic carbocycles. The summed E-state index contributed by atoms with van der Waals surface area (Å²) in [5.41, 5.74) is 1.76. The number of allylic oxidation sites excluding steroid dienone is 1. The van der Waals surface area contributed by atoms with Crippen molar-refractivity contribution in [2.24, 2.45) is 4.99 Å². The highest BCUT2D eigenvalue weighted by atomic mass is 32.2. The molecule has 0 bridgehead atoms. The summed E-state index contributed by atoms with van der Waals surface area (Å²) in [7, 11) is 1.60. The predicted octanol–water partition coefficient (Wildman–Crippen LogP) is 3.42. The van der Waals surface area contributed by atoms with E-state index in [4.69, 9.17) is 9.47 Å². The molecule has 2 heterocycles. The van der Waals surface area contributed by atoms with Gasteiger partial charge in [0, 0.05) is 17.7 Å². The van der Waals surface area contributed by atoms with Gasteiger partial charge in [0.05, 0.1) is 24.4 Å². The number of hydrogen-bond donors (Lipinski definition) is 0. The van der Waals surface area contributed by atoms with Gasteiger partial charge in [0.2, 0.25) is 5.91 Å². The Labute approximate surface area is 168 Å². The lowest BCUT2D eigenvalue weighted by atomic mass is 10.00. The summed E-state index contributed by atoms with van der Waals surface area (Å²) in [6, 6.07) is 6.96. The fraction of sp³-hybridized carbons (Fsp3) is 0.286. The third-order valence-electron chi connectivity index (χ3n) is 4.40. The fourth-order valence-electron chi connectivity index (χ4n) is 3.10. The number of aliphatic imine (C=N–C) groups is 1. The lowest BCUT2D eigenvalue weighted by molar-refractivity contribution is -0.138. The van der Waals surface area contributed by atoms with Gasteiger partial charge in [0.15, 0.2) is 5.17 Å². The number of amidine groups is 1. The van der Waals surface area contributed by atoms with Gasteiger partial charge in [-0.15, -0.1) is 0 Å². The fourth-order valence-corrected chi connectivity index (χ4v) is 4.11. The first-order valence-corrected chi connectivity index (χ1v) is 9.89. The number of fused-ring (bicyclic) bond motifs is 1. The summed E-state index contributed by atoms with van der Waals surface area (Å²) in [6.07, 6.45) is 5.58. The third kappa shape index (κ3) is 4.04. The molecule has 0 spiro atoms. The minimum absolute atomic E-state index is 0.0614. The second-order valence-electron chi connectivity index (χ2n) is 6.19. The molecule has 1 amide bonds. The first-order chi connectivity index (χ1) is 13.6. The second-order valence-corrected chi connectivity index (χ2v) is 7.25. The van der Waals surface area contributed by atoms with Crippen LogP contribution in [0.1, 0.15) is 18.9 Å². The number of methoxy groups -OCH3 is 1. The van der Waals surface area contributed by atoms with E-state index in [0.29, 0.717) is 34.4 Å². The Morgan fingerprint density at radius 3 is 2.96 bits per heavy atom. The van der Waals surface area contributed by atoms with Gasteiger partial charge in [-0.2, -0.15) is 0 Å². The van der Waals surface area contributed by atoms with E-state index in [0.717, 1.165) is 5.56 Å². The molecule has 0 N–H and O–H groups in total. The van der Waals surface area contributed by atoms with Crippen molar-refractivity contribution in [3.05, 3.63) is 59.8 Å². The molecule has 1 fully saturated rings. The number of thioether (sulfide) groups is 1. The van der Waals surface area contributed by atoms with E-state index in [9.17, 15) is 9.59 Å². The van der Waals surface area contributed by atoms with Gasteiger partial charge >= 0.3 is 5.97 Å². The topological polar surface area (TPSA) is 68.2 Å². The molecule has 7 heteroatoms. The van der Waals surface area contributed by atoms with E-state index in [1.54, 1.807) is 18.9 Å². The number of hydrogen-bond acceptors (Lipinski definition) is 6. The molecular weight excluding hydrogens is 376 g/mol. The molecule has 6 nitrogen and oxygen atoms in total. The summed E-state index contributed by atoms with van der Waals surface area (Å²) in [5, 5.41) is 0.615. The zero-order valence-corrected chi connectivity index (χ0v) is 16.7. The molecule has 28 heavy (non-hydrogen) atoms. The average molecular weight is 398 g/mol. The maximum absolute atomic E-state index is 12.7. The van der Waals surface area contributed by atoms with Crippen LogP contribution < -0.4 is 4.74 Å². The van der Waals surface area contributed by atoms with Crippen LogP contribution in [0.4, 0.5) is 0 Å². The largest absolute Gasteiger partial charge is 0.496 e. The highest BCUT2D eigenvalue weighted by Crippen LogP contribution is 2.33. The van der Waals surface area contributed by atoms with Crippen molar-refractivity contribution in [2.75, 3.05) is 19.5 Å². The Balaban J connectivity index is 2.02. The van der Waals surface area contributed by atoms with Gasteiger partial charge in [0.25, 0.3) is 0 Å². The zero-order valence-electron chi connectivity index (χ0n) is 15.9. The Bertz CT molecular complexity index is 888. The molecule has 0 radical (unpaired) electrons. The van der Waals surface area contributed by atoms with Crippen molar-refractivity contribution < 1.29 is 19.1 Å². The van der Waals surface area contributed by atoms with Crippen LogP contribution in [0.25, 0.3) is 6.08 Å². The summed E-state index contributed by atoms with van der Waals surface area (Å²) in [5.74, 6) is 0.826. The zero-order chi connectivity index (χ0) is 20.1. The lowest BCUT2D eigenvalue weighted by Crippen LogP contribution is -2.49.